The minimum Gasteiger partial charge on any atom is -0.488 e. The third kappa shape index (κ3) is 3.17. The van der Waals surface area contributed by atoms with E-state index in [1.165, 1.54) is 14.7 Å². The van der Waals surface area contributed by atoms with Crippen molar-refractivity contribution in [3.63, 3.8) is 0 Å². The highest BCUT2D eigenvalue weighted by Gasteiger charge is 2.26. The van der Waals surface area contributed by atoms with Crippen LogP contribution in [0.15, 0.2) is 36.7 Å². The summed E-state index contributed by atoms with van der Waals surface area (Å²) in [6.07, 6.45) is 3.67. The molecule has 5 heteroatoms. The maximum absolute atomic E-state index is 6.07. The van der Waals surface area contributed by atoms with Crippen molar-refractivity contribution in [3.8, 4) is 5.75 Å². The third-order valence-corrected chi connectivity index (χ3v) is 6.01. The van der Waals surface area contributed by atoms with Crippen molar-refractivity contribution in [3.05, 3.63) is 51.4 Å². The first-order valence-electron chi connectivity index (χ1n) is 8.42. The quantitative estimate of drug-likeness (QED) is 0.538. The fourth-order valence-electron chi connectivity index (χ4n) is 3.17. The molecule has 0 spiro atoms. The van der Waals surface area contributed by atoms with Crippen molar-refractivity contribution in [1.29, 1.82) is 0 Å². The van der Waals surface area contributed by atoms with E-state index >= 15 is 0 Å². The van der Waals surface area contributed by atoms with Crippen LogP contribution < -0.4 is 10.1 Å². The van der Waals surface area contributed by atoms with Crippen molar-refractivity contribution in [1.82, 2.24) is 9.97 Å². The van der Waals surface area contributed by atoms with Crippen molar-refractivity contribution in [2.75, 3.05) is 5.32 Å². The summed E-state index contributed by atoms with van der Waals surface area (Å²) in [5, 5.41) is 4.49. The van der Waals surface area contributed by atoms with Crippen LogP contribution in [-0.2, 0) is 6.42 Å². The van der Waals surface area contributed by atoms with E-state index in [0.29, 0.717) is 0 Å². The zero-order chi connectivity index (χ0) is 17.6. The molecule has 0 aliphatic carbocycles. The third-order valence-electron chi connectivity index (χ3n) is 4.64. The first kappa shape index (κ1) is 16.6. The van der Waals surface area contributed by atoms with Gasteiger partial charge in [0.1, 0.15) is 23.5 Å². The Hall–Kier alpha value is -1.89. The highest BCUT2D eigenvalue weighted by atomic mass is 127. The molecule has 1 aliphatic rings. The van der Waals surface area contributed by atoms with Gasteiger partial charge in [0.25, 0.3) is 0 Å². The number of fused-ring (bicyclic) bond motifs is 2. The van der Waals surface area contributed by atoms with Crippen molar-refractivity contribution in [2.45, 2.75) is 39.2 Å². The molecule has 0 saturated heterocycles. The lowest BCUT2D eigenvalue weighted by molar-refractivity contribution is 0.0847. The molecular formula is C20H20IN3O. The van der Waals surface area contributed by atoms with Gasteiger partial charge in [-0.05, 0) is 91.6 Å². The van der Waals surface area contributed by atoms with Crippen LogP contribution in [0.5, 0.6) is 5.75 Å². The van der Waals surface area contributed by atoms with Gasteiger partial charge in [-0.25, -0.2) is 9.97 Å². The zero-order valence-corrected chi connectivity index (χ0v) is 16.7. The SMILES string of the molecule is Cc1ccc2c(Nc3ccc4c(c3)CCC(C)(C)O4)ncnc2c1I. The number of rotatable bonds is 2. The Bertz CT molecular complexity index is 969. The van der Waals surface area contributed by atoms with Crippen molar-refractivity contribution < 1.29 is 4.74 Å². The van der Waals surface area contributed by atoms with Gasteiger partial charge in [-0.2, -0.15) is 0 Å². The molecule has 0 atom stereocenters. The first-order valence-corrected chi connectivity index (χ1v) is 9.50. The summed E-state index contributed by atoms with van der Waals surface area (Å²) in [4.78, 5) is 8.90. The second-order valence-electron chi connectivity index (χ2n) is 7.12. The normalized spacial score (nSPS) is 15.5. The minimum atomic E-state index is -0.0840. The number of ether oxygens (including phenoxy) is 1. The Labute approximate surface area is 161 Å². The van der Waals surface area contributed by atoms with E-state index in [1.807, 2.05) is 6.07 Å². The topological polar surface area (TPSA) is 47.0 Å². The van der Waals surface area contributed by atoms with Gasteiger partial charge in [-0.1, -0.05) is 6.07 Å². The van der Waals surface area contributed by atoms with Gasteiger partial charge in [0.15, 0.2) is 0 Å². The van der Waals surface area contributed by atoms with E-state index in [2.05, 4.69) is 82.9 Å². The first-order chi connectivity index (χ1) is 11.9. The predicted octanol–water partition coefficient (Wildman–Crippen LogP) is 5.39. The number of aromatic nitrogens is 2. The Morgan fingerprint density at radius 2 is 2.00 bits per heavy atom. The maximum atomic E-state index is 6.07. The number of nitrogens with zero attached hydrogens (tertiary/aromatic N) is 2. The second kappa shape index (κ2) is 6.12. The van der Waals surface area contributed by atoms with Crippen LogP contribution in [0.3, 0.4) is 0 Å². The summed E-state index contributed by atoms with van der Waals surface area (Å²) in [5.74, 6) is 1.82. The summed E-state index contributed by atoms with van der Waals surface area (Å²) >= 11 is 2.35. The highest BCUT2D eigenvalue weighted by Crippen LogP contribution is 2.35. The lowest BCUT2D eigenvalue weighted by Crippen LogP contribution is -2.32. The minimum absolute atomic E-state index is 0.0840. The number of hydrogen-bond donors (Lipinski definition) is 1. The fraction of sp³-hybridized carbons (Fsp3) is 0.300. The predicted molar refractivity (Wildman–Crippen MR) is 110 cm³/mol. The Morgan fingerprint density at radius 1 is 1.16 bits per heavy atom. The lowest BCUT2D eigenvalue weighted by atomic mass is 9.94. The zero-order valence-electron chi connectivity index (χ0n) is 14.6. The molecule has 128 valence electrons. The second-order valence-corrected chi connectivity index (χ2v) is 8.20. The number of benzene rings is 2. The van der Waals surface area contributed by atoms with Gasteiger partial charge in [0, 0.05) is 14.6 Å². The lowest BCUT2D eigenvalue weighted by Gasteiger charge is -2.32. The van der Waals surface area contributed by atoms with Gasteiger partial charge in [0.2, 0.25) is 0 Å². The molecule has 25 heavy (non-hydrogen) atoms. The molecule has 0 unspecified atom stereocenters. The molecule has 1 aliphatic heterocycles. The average Bonchev–Trinajstić information content (AvgIpc) is 2.58. The van der Waals surface area contributed by atoms with Crippen LogP contribution in [0.4, 0.5) is 11.5 Å². The monoisotopic (exact) mass is 445 g/mol. The molecule has 2 aromatic carbocycles. The molecule has 1 aromatic heterocycles. The van der Waals surface area contributed by atoms with Gasteiger partial charge < -0.3 is 10.1 Å². The van der Waals surface area contributed by atoms with Crippen molar-refractivity contribution >= 4 is 45.0 Å². The molecule has 2 heterocycles. The highest BCUT2D eigenvalue weighted by molar-refractivity contribution is 14.1. The van der Waals surface area contributed by atoms with E-state index in [4.69, 9.17) is 4.74 Å². The van der Waals surface area contributed by atoms with Crippen LogP contribution in [0, 0.1) is 10.5 Å². The molecule has 3 aromatic rings. The molecule has 0 radical (unpaired) electrons. The molecule has 4 rings (SSSR count). The van der Waals surface area contributed by atoms with E-state index in [1.54, 1.807) is 6.33 Å². The Balaban J connectivity index is 1.70. The van der Waals surface area contributed by atoms with Gasteiger partial charge in [0.05, 0.1) is 5.52 Å². The number of nitrogens with one attached hydrogen (secondary N) is 1. The molecule has 0 bridgehead atoms. The summed E-state index contributed by atoms with van der Waals surface area (Å²) in [6.45, 7) is 6.37. The summed E-state index contributed by atoms with van der Waals surface area (Å²) in [6, 6.07) is 10.5. The number of hydrogen-bond acceptors (Lipinski definition) is 4. The standard InChI is InChI=1S/C20H20IN3O/c1-12-4-6-15-18(17(12)21)22-11-23-19(15)24-14-5-7-16-13(10-14)8-9-20(2,3)25-16/h4-7,10-11H,8-9H2,1-3H3,(H,22,23,24). The van der Waals surface area contributed by atoms with E-state index in [0.717, 1.165) is 41.0 Å². The van der Waals surface area contributed by atoms with Crippen LogP contribution in [-0.4, -0.2) is 15.6 Å². The molecule has 1 N–H and O–H groups in total. The van der Waals surface area contributed by atoms with E-state index in [-0.39, 0.29) is 5.60 Å². The summed E-state index contributed by atoms with van der Waals surface area (Å²) in [7, 11) is 0. The van der Waals surface area contributed by atoms with Gasteiger partial charge in [-0.15, -0.1) is 0 Å². The van der Waals surface area contributed by atoms with Crippen LogP contribution >= 0.6 is 22.6 Å². The number of aryl methyl sites for hydroxylation is 2. The molecule has 0 saturated carbocycles. The van der Waals surface area contributed by atoms with E-state index < -0.39 is 0 Å². The molecule has 0 amide bonds. The molecule has 0 fully saturated rings. The van der Waals surface area contributed by atoms with Crippen LogP contribution in [0.25, 0.3) is 10.9 Å². The molecule has 4 nitrogen and oxygen atoms in total. The maximum Gasteiger partial charge on any atom is 0.141 e. The van der Waals surface area contributed by atoms with E-state index in [9.17, 15) is 0 Å². The summed E-state index contributed by atoms with van der Waals surface area (Å²) < 4.78 is 7.24. The van der Waals surface area contributed by atoms with Gasteiger partial charge >= 0.3 is 0 Å². The fourth-order valence-corrected chi connectivity index (χ4v) is 3.78. The van der Waals surface area contributed by atoms with Crippen molar-refractivity contribution in [2.24, 2.45) is 0 Å². The van der Waals surface area contributed by atoms with Crippen LogP contribution in [0.1, 0.15) is 31.4 Å². The smallest absolute Gasteiger partial charge is 0.141 e. The average molecular weight is 445 g/mol. The largest absolute Gasteiger partial charge is 0.488 e. The Morgan fingerprint density at radius 3 is 2.84 bits per heavy atom. The number of halogens is 1. The summed E-state index contributed by atoms with van der Waals surface area (Å²) in [5.41, 5.74) is 4.40. The van der Waals surface area contributed by atoms with Gasteiger partial charge in [-0.3, -0.25) is 0 Å². The van der Waals surface area contributed by atoms with Crippen LogP contribution in [0.2, 0.25) is 0 Å². The Kier molecular flexibility index (Phi) is 4.06. The molecular weight excluding hydrogens is 425 g/mol. The number of anilines is 2.